The van der Waals surface area contributed by atoms with Crippen molar-refractivity contribution in [1.29, 1.82) is 0 Å². The minimum atomic E-state index is -0.327. The number of benzene rings is 1. The Labute approximate surface area is 124 Å². The number of piperidine rings is 1. The zero-order valence-corrected chi connectivity index (χ0v) is 12.1. The van der Waals surface area contributed by atoms with Crippen molar-refractivity contribution in [2.75, 3.05) is 30.7 Å². The largest absolute Gasteiger partial charge is 0.399 e. The summed E-state index contributed by atoms with van der Waals surface area (Å²) in [6.45, 7) is 2.02. The Morgan fingerprint density at radius 3 is 2.67 bits per heavy atom. The summed E-state index contributed by atoms with van der Waals surface area (Å²) in [6.07, 6.45) is 3.69. The molecule has 1 aliphatic heterocycles. The number of urea groups is 1. The Kier molecular flexibility index (Phi) is 5.43. The van der Waals surface area contributed by atoms with Gasteiger partial charge in [0.15, 0.2) is 0 Å². The average Bonchev–Trinajstić information content (AvgIpc) is 2.48. The van der Waals surface area contributed by atoms with E-state index in [4.69, 9.17) is 5.73 Å². The normalized spacial score (nSPS) is 14.6. The first-order chi connectivity index (χ1) is 10.1. The molecule has 1 saturated heterocycles. The zero-order valence-electron chi connectivity index (χ0n) is 12.1. The van der Waals surface area contributed by atoms with E-state index < -0.39 is 0 Å². The molecule has 6 heteroatoms. The molecule has 0 aromatic heterocycles. The topological polar surface area (TPSA) is 87.5 Å². The first-order valence-electron chi connectivity index (χ1n) is 7.33. The first kappa shape index (κ1) is 15.2. The molecular formula is C15H22N4O2. The Hall–Kier alpha value is -2.24. The summed E-state index contributed by atoms with van der Waals surface area (Å²) in [4.78, 5) is 25.5. The maximum atomic E-state index is 11.9. The van der Waals surface area contributed by atoms with Gasteiger partial charge < -0.3 is 21.3 Å². The van der Waals surface area contributed by atoms with Crippen molar-refractivity contribution in [3.63, 3.8) is 0 Å². The molecule has 0 aliphatic carbocycles. The summed E-state index contributed by atoms with van der Waals surface area (Å²) >= 11 is 0. The molecule has 1 aliphatic rings. The number of nitrogens with one attached hydrogen (secondary N) is 2. The highest BCUT2D eigenvalue weighted by Crippen LogP contribution is 2.11. The molecule has 114 valence electrons. The van der Waals surface area contributed by atoms with E-state index in [1.807, 2.05) is 4.90 Å². The molecule has 1 heterocycles. The van der Waals surface area contributed by atoms with Crippen molar-refractivity contribution >= 4 is 23.3 Å². The Morgan fingerprint density at radius 1 is 1.19 bits per heavy atom. The highest BCUT2D eigenvalue weighted by atomic mass is 16.2. The van der Waals surface area contributed by atoms with E-state index in [0.717, 1.165) is 25.9 Å². The van der Waals surface area contributed by atoms with E-state index in [2.05, 4.69) is 10.6 Å². The maximum Gasteiger partial charge on any atom is 0.319 e. The third-order valence-corrected chi connectivity index (χ3v) is 3.48. The quantitative estimate of drug-likeness (QED) is 0.739. The minimum absolute atomic E-state index is 0.110. The van der Waals surface area contributed by atoms with Crippen molar-refractivity contribution in [1.82, 2.24) is 10.2 Å². The van der Waals surface area contributed by atoms with Crippen LogP contribution in [0.2, 0.25) is 0 Å². The standard InChI is InChI=1S/C15H22N4O2/c16-12-5-4-6-13(11-12)18-15(21)17-8-7-14(20)19-9-2-1-3-10-19/h4-6,11H,1-3,7-10,16H2,(H2,17,18,21). The van der Waals surface area contributed by atoms with Crippen molar-refractivity contribution in [3.8, 4) is 0 Å². The van der Waals surface area contributed by atoms with E-state index >= 15 is 0 Å². The molecule has 1 aromatic carbocycles. The minimum Gasteiger partial charge on any atom is -0.399 e. The number of hydrogen-bond acceptors (Lipinski definition) is 3. The third kappa shape index (κ3) is 4.98. The zero-order chi connectivity index (χ0) is 15.1. The lowest BCUT2D eigenvalue weighted by molar-refractivity contribution is -0.131. The Bertz CT molecular complexity index is 498. The fourth-order valence-corrected chi connectivity index (χ4v) is 2.38. The first-order valence-corrected chi connectivity index (χ1v) is 7.33. The van der Waals surface area contributed by atoms with Crippen molar-refractivity contribution in [3.05, 3.63) is 24.3 Å². The molecule has 0 atom stereocenters. The van der Waals surface area contributed by atoms with Gasteiger partial charge in [-0.2, -0.15) is 0 Å². The predicted octanol–water partition coefficient (Wildman–Crippen LogP) is 1.79. The molecule has 2 rings (SSSR count). The summed E-state index contributed by atoms with van der Waals surface area (Å²) in [5, 5.41) is 5.36. The number of carbonyl (C=O) groups is 2. The smallest absolute Gasteiger partial charge is 0.319 e. The van der Waals surface area contributed by atoms with Gasteiger partial charge in [-0.25, -0.2) is 4.79 Å². The number of carbonyl (C=O) groups excluding carboxylic acids is 2. The maximum absolute atomic E-state index is 11.9. The van der Waals surface area contributed by atoms with E-state index in [-0.39, 0.29) is 11.9 Å². The monoisotopic (exact) mass is 290 g/mol. The number of likely N-dealkylation sites (tertiary alicyclic amines) is 1. The summed E-state index contributed by atoms with van der Waals surface area (Å²) in [5.74, 6) is 0.110. The molecule has 0 spiro atoms. The third-order valence-electron chi connectivity index (χ3n) is 3.48. The summed E-state index contributed by atoms with van der Waals surface area (Å²) < 4.78 is 0. The van der Waals surface area contributed by atoms with E-state index in [1.165, 1.54) is 6.42 Å². The number of amides is 3. The fraction of sp³-hybridized carbons (Fsp3) is 0.467. The van der Waals surface area contributed by atoms with Gasteiger partial charge in [0.1, 0.15) is 0 Å². The van der Waals surface area contributed by atoms with Crippen LogP contribution in [-0.2, 0) is 4.79 Å². The van der Waals surface area contributed by atoms with Crippen LogP contribution in [0, 0.1) is 0 Å². The number of hydrogen-bond donors (Lipinski definition) is 3. The van der Waals surface area contributed by atoms with Gasteiger partial charge in [0, 0.05) is 37.4 Å². The number of anilines is 2. The summed E-state index contributed by atoms with van der Waals surface area (Å²) in [7, 11) is 0. The molecule has 4 N–H and O–H groups in total. The second-order valence-electron chi connectivity index (χ2n) is 5.20. The lowest BCUT2D eigenvalue weighted by atomic mass is 10.1. The van der Waals surface area contributed by atoms with Crippen LogP contribution in [0.3, 0.4) is 0 Å². The highest BCUT2D eigenvalue weighted by molar-refractivity contribution is 5.90. The van der Waals surface area contributed by atoms with Crippen molar-refractivity contribution in [2.24, 2.45) is 0 Å². The molecule has 6 nitrogen and oxygen atoms in total. The van der Waals surface area contributed by atoms with Gasteiger partial charge >= 0.3 is 6.03 Å². The second-order valence-corrected chi connectivity index (χ2v) is 5.20. The lowest BCUT2D eigenvalue weighted by Crippen LogP contribution is -2.38. The summed E-state index contributed by atoms with van der Waals surface area (Å²) in [5.41, 5.74) is 6.86. The van der Waals surface area contributed by atoms with Crippen LogP contribution in [0.5, 0.6) is 0 Å². The van der Waals surface area contributed by atoms with Gasteiger partial charge in [-0.3, -0.25) is 4.79 Å². The van der Waals surface area contributed by atoms with Gasteiger partial charge in [-0.05, 0) is 37.5 Å². The molecular weight excluding hydrogens is 268 g/mol. The van der Waals surface area contributed by atoms with E-state index in [9.17, 15) is 9.59 Å². The molecule has 3 amide bonds. The van der Waals surface area contributed by atoms with Crippen LogP contribution < -0.4 is 16.4 Å². The van der Waals surface area contributed by atoms with E-state index in [0.29, 0.717) is 24.3 Å². The molecule has 1 fully saturated rings. The SMILES string of the molecule is Nc1cccc(NC(=O)NCCC(=O)N2CCCCC2)c1. The molecule has 0 saturated carbocycles. The van der Waals surface area contributed by atoms with Gasteiger partial charge in [0.05, 0.1) is 0 Å². The van der Waals surface area contributed by atoms with Crippen LogP contribution in [0.4, 0.5) is 16.2 Å². The van der Waals surface area contributed by atoms with E-state index in [1.54, 1.807) is 24.3 Å². The molecule has 21 heavy (non-hydrogen) atoms. The van der Waals surface area contributed by atoms with Crippen LogP contribution in [0.1, 0.15) is 25.7 Å². The number of nitrogens with zero attached hydrogens (tertiary/aromatic N) is 1. The van der Waals surface area contributed by atoms with Crippen molar-refractivity contribution in [2.45, 2.75) is 25.7 Å². The fourth-order valence-electron chi connectivity index (χ4n) is 2.38. The van der Waals surface area contributed by atoms with Gasteiger partial charge in [-0.15, -0.1) is 0 Å². The molecule has 1 aromatic rings. The average molecular weight is 290 g/mol. The molecule has 0 bridgehead atoms. The molecule has 0 radical (unpaired) electrons. The highest BCUT2D eigenvalue weighted by Gasteiger charge is 2.16. The van der Waals surface area contributed by atoms with Crippen LogP contribution in [-0.4, -0.2) is 36.5 Å². The van der Waals surface area contributed by atoms with Crippen LogP contribution in [0.15, 0.2) is 24.3 Å². The Balaban J connectivity index is 1.68. The predicted molar refractivity (Wildman–Crippen MR) is 82.9 cm³/mol. The van der Waals surface area contributed by atoms with Gasteiger partial charge in [0.25, 0.3) is 0 Å². The Morgan fingerprint density at radius 2 is 1.95 bits per heavy atom. The van der Waals surface area contributed by atoms with Crippen molar-refractivity contribution < 1.29 is 9.59 Å². The number of nitrogen functional groups attached to an aromatic ring is 1. The van der Waals surface area contributed by atoms with Gasteiger partial charge in [-0.1, -0.05) is 6.07 Å². The number of nitrogens with two attached hydrogens (primary N) is 1. The second kappa shape index (κ2) is 7.52. The molecule has 0 unspecified atom stereocenters. The van der Waals surface area contributed by atoms with Crippen LogP contribution >= 0.6 is 0 Å². The summed E-state index contributed by atoms with van der Waals surface area (Å²) in [6, 6.07) is 6.63. The number of rotatable bonds is 4. The van der Waals surface area contributed by atoms with Gasteiger partial charge in [0.2, 0.25) is 5.91 Å². The van der Waals surface area contributed by atoms with Crippen LogP contribution in [0.25, 0.3) is 0 Å². The lowest BCUT2D eigenvalue weighted by Gasteiger charge is -2.26.